The normalized spacial score (nSPS) is 36.0. The van der Waals surface area contributed by atoms with Crippen LogP contribution in [0.4, 0.5) is 0 Å². The zero-order valence-electron chi connectivity index (χ0n) is 9.02. The molecule has 0 radical (unpaired) electrons. The van der Waals surface area contributed by atoms with E-state index in [1.54, 1.807) is 0 Å². The fraction of sp³-hybridized carbons (Fsp3) is 1.00. The van der Waals surface area contributed by atoms with Crippen LogP contribution in [0, 0.1) is 0 Å². The van der Waals surface area contributed by atoms with Gasteiger partial charge in [-0.05, 0) is 32.6 Å². The second kappa shape index (κ2) is 2.96. The summed E-state index contributed by atoms with van der Waals surface area (Å²) in [6.07, 6.45) is 5.10. The summed E-state index contributed by atoms with van der Waals surface area (Å²) in [6.45, 7) is 7.62. The van der Waals surface area contributed by atoms with Gasteiger partial charge in [-0.25, -0.2) is 0 Å². The summed E-state index contributed by atoms with van der Waals surface area (Å²) in [5.74, 6) is 0. The van der Waals surface area contributed by atoms with E-state index in [9.17, 15) is 0 Å². The molecule has 1 aliphatic heterocycles. The minimum atomic E-state index is 0.112. The number of hydrogen-bond donors (Lipinski definition) is 1. The highest BCUT2D eigenvalue weighted by Crippen LogP contribution is 2.52. The van der Waals surface area contributed by atoms with Gasteiger partial charge < -0.3 is 10.1 Å². The Bertz CT molecular complexity index is 198. The highest BCUT2D eigenvalue weighted by atomic mass is 16.5. The minimum absolute atomic E-state index is 0.112. The van der Waals surface area contributed by atoms with Crippen molar-refractivity contribution in [2.45, 2.75) is 63.7 Å². The van der Waals surface area contributed by atoms with Crippen molar-refractivity contribution in [3.05, 3.63) is 0 Å². The van der Waals surface area contributed by atoms with Crippen molar-refractivity contribution >= 4 is 0 Å². The average Bonchev–Trinajstić information content (AvgIpc) is 2.70. The molecule has 1 N–H and O–H groups in total. The maximum atomic E-state index is 6.14. The van der Waals surface area contributed by atoms with Crippen LogP contribution in [0.1, 0.15) is 46.5 Å². The van der Waals surface area contributed by atoms with Gasteiger partial charge in [0.25, 0.3) is 0 Å². The molecule has 2 aliphatic rings. The van der Waals surface area contributed by atoms with Crippen LogP contribution in [-0.4, -0.2) is 23.8 Å². The molecule has 2 fully saturated rings. The third-order valence-electron chi connectivity index (χ3n) is 3.26. The van der Waals surface area contributed by atoms with Crippen molar-refractivity contribution in [3.63, 3.8) is 0 Å². The van der Waals surface area contributed by atoms with Gasteiger partial charge >= 0.3 is 0 Å². The molecular weight excluding hydrogens is 162 g/mol. The molecular formula is C11H21NO. The quantitative estimate of drug-likeness (QED) is 0.723. The highest BCUT2D eigenvalue weighted by Gasteiger charge is 2.53. The molecule has 1 aliphatic carbocycles. The maximum Gasteiger partial charge on any atom is 0.0787 e. The van der Waals surface area contributed by atoms with Crippen molar-refractivity contribution in [2.24, 2.45) is 0 Å². The fourth-order valence-corrected chi connectivity index (χ4v) is 2.15. The molecule has 0 aromatic carbocycles. The Balaban J connectivity index is 1.83. The van der Waals surface area contributed by atoms with Crippen LogP contribution < -0.4 is 5.32 Å². The number of rotatable bonds is 3. The molecule has 13 heavy (non-hydrogen) atoms. The summed E-state index contributed by atoms with van der Waals surface area (Å²) in [7, 11) is 0. The molecule has 0 aromatic heterocycles. The van der Waals surface area contributed by atoms with Crippen LogP contribution in [0.2, 0.25) is 0 Å². The molecule has 2 rings (SSSR count). The smallest absolute Gasteiger partial charge is 0.0787 e. The van der Waals surface area contributed by atoms with E-state index in [-0.39, 0.29) is 5.60 Å². The summed E-state index contributed by atoms with van der Waals surface area (Å²) in [5, 5.41) is 3.47. The lowest BCUT2D eigenvalue weighted by Gasteiger charge is -2.26. The zero-order chi connectivity index (χ0) is 9.53. The van der Waals surface area contributed by atoms with E-state index in [4.69, 9.17) is 4.74 Å². The lowest BCUT2D eigenvalue weighted by molar-refractivity contribution is -0.0415. The molecule has 2 nitrogen and oxygen atoms in total. The number of ether oxygens (including phenoxy) is 1. The maximum absolute atomic E-state index is 6.14. The number of nitrogens with one attached hydrogen (secondary N) is 1. The van der Waals surface area contributed by atoms with E-state index in [1.807, 2.05) is 0 Å². The van der Waals surface area contributed by atoms with Gasteiger partial charge in [-0.3, -0.25) is 0 Å². The minimum Gasteiger partial charge on any atom is -0.368 e. The monoisotopic (exact) mass is 183 g/mol. The molecule has 0 amide bonds. The lowest BCUT2D eigenvalue weighted by atomic mass is 10.0. The topological polar surface area (TPSA) is 21.3 Å². The van der Waals surface area contributed by atoms with Crippen LogP contribution >= 0.6 is 0 Å². The predicted octanol–water partition coefficient (Wildman–Crippen LogP) is 2.09. The summed E-state index contributed by atoms with van der Waals surface area (Å²) in [4.78, 5) is 0. The van der Waals surface area contributed by atoms with Crippen molar-refractivity contribution in [3.8, 4) is 0 Å². The Morgan fingerprint density at radius 3 is 2.31 bits per heavy atom. The van der Waals surface area contributed by atoms with Gasteiger partial charge in [0.2, 0.25) is 0 Å². The van der Waals surface area contributed by atoms with E-state index in [1.165, 1.54) is 25.7 Å². The first-order valence-electron chi connectivity index (χ1n) is 5.47. The van der Waals surface area contributed by atoms with Crippen LogP contribution in [-0.2, 0) is 4.74 Å². The molecule has 1 atom stereocenters. The van der Waals surface area contributed by atoms with E-state index in [0.29, 0.717) is 11.6 Å². The van der Waals surface area contributed by atoms with Gasteiger partial charge in [0, 0.05) is 12.6 Å². The Labute approximate surface area is 81.0 Å². The first-order valence-corrected chi connectivity index (χ1v) is 5.47. The third kappa shape index (κ3) is 2.05. The first kappa shape index (κ1) is 9.47. The molecule has 1 heterocycles. The summed E-state index contributed by atoms with van der Waals surface area (Å²) >= 11 is 0. The molecule has 2 heteroatoms. The summed E-state index contributed by atoms with van der Waals surface area (Å²) in [6, 6.07) is 0.566. The van der Waals surface area contributed by atoms with Crippen LogP contribution in [0.5, 0.6) is 0 Å². The van der Waals surface area contributed by atoms with Crippen molar-refractivity contribution in [1.82, 2.24) is 5.32 Å². The average molecular weight is 183 g/mol. The van der Waals surface area contributed by atoms with Crippen LogP contribution in [0.15, 0.2) is 0 Å². The van der Waals surface area contributed by atoms with Crippen molar-refractivity contribution < 1.29 is 4.74 Å². The van der Waals surface area contributed by atoms with E-state index in [2.05, 4.69) is 26.1 Å². The first-order chi connectivity index (χ1) is 6.04. The standard InChI is InChI=1S/C11H21NO/c1-9(2)12-8-10(3)4-5-11(13-10)6-7-11/h9,12H,4-8H2,1-3H3. The van der Waals surface area contributed by atoms with Gasteiger partial charge in [0.1, 0.15) is 0 Å². The Morgan fingerprint density at radius 1 is 1.23 bits per heavy atom. The molecule has 1 saturated heterocycles. The van der Waals surface area contributed by atoms with Gasteiger partial charge in [-0.1, -0.05) is 13.8 Å². The second-order valence-corrected chi connectivity index (χ2v) is 5.27. The largest absolute Gasteiger partial charge is 0.368 e. The lowest BCUT2D eigenvalue weighted by Crippen LogP contribution is -2.41. The zero-order valence-corrected chi connectivity index (χ0v) is 9.02. The molecule has 1 spiro atoms. The van der Waals surface area contributed by atoms with E-state index < -0.39 is 0 Å². The SMILES string of the molecule is CC(C)NCC1(C)CCC2(CC2)O1. The highest BCUT2D eigenvalue weighted by molar-refractivity contribution is 5.05. The molecule has 0 aromatic rings. The van der Waals surface area contributed by atoms with Gasteiger partial charge in [0.15, 0.2) is 0 Å². The number of hydrogen-bond acceptors (Lipinski definition) is 2. The van der Waals surface area contributed by atoms with Gasteiger partial charge in [-0.2, -0.15) is 0 Å². The van der Waals surface area contributed by atoms with Crippen LogP contribution in [0.3, 0.4) is 0 Å². The van der Waals surface area contributed by atoms with Crippen LogP contribution in [0.25, 0.3) is 0 Å². The third-order valence-corrected chi connectivity index (χ3v) is 3.26. The van der Waals surface area contributed by atoms with E-state index >= 15 is 0 Å². The molecule has 76 valence electrons. The van der Waals surface area contributed by atoms with Gasteiger partial charge in [0.05, 0.1) is 11.2 Å². The Hall–Kier alpha value is -0.0800. The van der Waals surface area contributed by atoms with Crippen molar-refractivity contribution in [1.29, 1.82) is 0 Å². The molecule has 0 bridgehead atoms. The fourth-order valence-electron chi connectivity index (χ4n) is 2.15. The second-order valence-electron chi connectivity index (χ2n) is 5.27. The molecule has 1 saturated carbocycles. The molecule has 1 unspecified atom stereocenters. The van der Waals surface area contributed by atoms with Crippen molar-refractivity contribution in [2.75, 3.05) is 6.54 Å². The van der Waals surface area contributed by atoms with Gasteiger partial charge in [-0.15, -0.1) is 0 Å². The summed E-state index contributed by atoms with van der Waals surface area (Å²) in [5.41, 5.74) is 0.439. The summed E-state index contributed by atoms with van der Waals surface area (Å²) < 4.78 is 6.14. The Kier molecular flexibility index (Phi) is 2.16. The predicted molar refractivity (Wildman–Crippen MR) is 53.8 cm³/mol. The Morgan fingerprint density at radius 2 is 1.85 bits per heavy atom. The van der Waals surface area contributed by atoms with E-state index in [0.717, 1.165) is 6.54 Å².